The first-order valence-electron chi connectivity index (χ1n) is 9.56. The summed E-state index contributed by atoms with van der Waals surface area (Å²) in [7, 11) is -3.27. The quantitative estimate of drug-likeness (QED) is 0.714. The minimum absolute atomic E-state index is 0.125. The Bertz CT molecular complexity index is 679. The lowest BCUT2D eigenvalue weighted by molar-refractivity contribution is -0.132. The van der Waals surface area contributed by atoms with Crippen molar-refractivity contribution in [3.05, 3.63) is 35.9 Å². The lowest BCUT2D eigenvalue weighted by Crippen LogP contribution is -2.51. The monoisotopic (exact) mass is 379 g/mol. The maximum atomic E-state index is 12.6. The predicted octanol–water partition coefficient (Wildman–Crippen LogP) is 1.19. The summed E-state index contributed by atoms with van der Waals surface area (Å²) in [4.78, 5) is 16.5. The highest BCUT2D eigenvalue weighted by atomic mass is 32.2. The van der Waals surface area contributed by atoms with Gasteiger partial charge in [0.05, 0.1) is 5.75 Å². The summed E-state index contributed by atoms with van der Waals surface area (Å²) in [5, 5.41) is 0. The van der Waals surface area contributed by atoms with Crippen LogP contribution in [0.1, 0.15) is 24.8 Å². The van der Waals surface area contributed by atoms with Gasteiger partial charge in [-0.2, -0.15) is 4.31 Å². The average molecular weight is 380 g/mol. The van der Waals surface area contributed by atoms with Crippen molar-refractivity contribution in [2.45, 2.75) is 25.7 Å². The molecule has 1 aromatic rings. The molecule has 144 valence electrons. The minimum atomic E-state index is -3.27. The summed E-state index contributed by atoms with van der Waals surface area (Å²) >= 11 is 0. The van der Waals surface area contributed by atoms with E-state index in [0.717, 1.165) is 25.2 Å². The van der Waals surface area contributed by atoms with Crippen LogP contribution in [0.2, 0.25) is 0 Å². The van der Waals surface area contributed by atoms with E-state index >= 15 is 0 Å². The van der Waals surface area contributed by atoms with Gasteiger partial charge >= 0.3 is 0 Å². The molecule has 0 unspecified atom stereocenters. The molecule has 0 aliphatic carbocycles. The van der Waals surface area contributed by atoms with Crippen LogP contribution in [0.4, 0.5) is 0 Å². The molecule has 3 rings (SSSR count). The van der Waals surface area contributed by atoms with Gasteiger partial charge in [0.25, 0.3) is 0 Å². The van der Waals surface area contributed by atoms with Gasteiger partial charge in [-0.25, -0.2) is 8.42 Å². The Morgan fingerprint density at radius 2 is 1.58 bits per heavy atom. The summed E-state index contributed by atoms with van der Waals surface area (Å²) < 4.78 is 26.6. The van der Waals surface area contributed by atoms with Crippen LogP contribution in [0.3, 0.4) is 0 Å². The van der Waals surface area contributed by atoms with Crippen LogP contribution in [0.25, 0.3) is 0 Å². The standard InChI is InChI=1S/C19H29N3O3S/c23-19(8-12-20-10-4-5-11-20)21-13-15-22(16-14-21)26(24,25)17-9-18-6-2-1-3-7-18/h1-3,6-7H,4-5,8-17H2. The highest BCUT2D eigenvalue weighted by Crippen LogP contribution is 2.13. The zero-order chi connectivity index (χ0) is 18.4. The second-order valence-corrected chi connectivity index (χ2v) is 9.22. The highest BCUT2D eigenvalue weighted by molar-refractivity contribution is 7.89. The van der Waals surface area contributed by atoms with Crippen LogP contribution in [-0.2, 0) is 21.2 Å². The molecule has 6 nitrogen and oxygen atoms in total. The van der Waals surface area contributed by atoms with E-state index in [-0.39, 0.29) is 11.7 Å². The average Bonchev–Trinajstić information content (AvgIpc) is 3.19. The van der Waals surface area contributed by atoms with Crippen molar-refractivity contribution in [3.8, 4) is 0 Å². The summed E-state index contributed by atoms with van der Waals surface area (Å²) in [6.45, 7) is 4.85. The van der Waals surface area contributed by atoms with Crippen molar-refractivity contribution in [1.82, 2.24) is 14.1 Å². The molecule has 2 aliphatic rings. The van der Waals surface area contributed by atoms with Gasteiger partial charge in [-0.15, -0.1) is 0 Å². The molecule has 2 saturated heterocycles. The zero-order valence-electron chi connectivity index (χ0n) is 15.3. The van der Waals surface area contributed by atoms with Gasteiger partial charge in [-0.05, 0) is 37.9 Å². The number of nitrogens with zero attached hydrogens (tertiary/aromatic N) is 3. The summed E-state index contributed by atoms with van der Waals surface area (Å²) in [6, 6.07) is 9.68. The molecule has 2 heterocycles. The number of carbonyl (C=O) groups excluding carboxylic acids is 1. The Labute approximate surface area is 156 Å². The number of likely N-dealkylation sites (tertiary alicyclic amines) is 1. The third-order valence-electron chi connectivity index (χ3n) is 5.32. The molecule has 0 atom stereocenters. The van der Waals surface area contributed by atoms with Gasteiger partial charge in [-0.1, -0.05) is 30.3 Å². The zero-order valence-corrected chi connectivity index (χ0v) is 16.2. The minimum Gasteiger partial charge on any atom is -0.340 e. The van der Waals surface area contributed by atoms with Crippen molar-refractivity contribution in [2.75, 3.05) is 51.6 Å². The van der Waals surface area contributed by atoms with Gasteiger partial charge in [0.2, 0.25) is 15.9 Å². The van der Waals surface area contributed by atoms with Crippen molar-refractivity contribution in [2.24, 2.45) is 0 Å². The summed E-state index contributed by atoms with van der Waals surface area (Å²) in [6.07, 6.45) is 3.53. The molecule has 7 heteroatoms. The van der Waals surface area contributed by atoms with Crippen LogP contribution < -0.4 is 0 Å². The number of sulfonamides is 1. The van der Waals surface area contributed by atoms with Crippen LogP contribution in [0.15, 0.2) is 30.3 Å². The highest BCUT2D eigenvalue weighted by Gasteiger charge is 2.28. The Morgan fingerprint density at radius 3 is 2.23 bits per heavy atom. The molecule has 2 aliphatic heterocycles. The lowest BCUT2D eigenvalue weighted by Gasteiger charge is -2.34. The van der Waals surface area contributed by atoms with E-state index in [2.05, 4.69) is 4.90 Å². The topological polar surface area (TPSA) is 60.9 Å². The number of rotatable bonds is 7. The number of carbonyl (C=O) groups is 1. The number of hydrogen-bond acceptors (Lipinski definition) is 4. The van der Waals surface area contributed by atoms with Gasteiger partial charge < -0.3 is 9.80 Å². The van der Waals surface area contributed by atoms with E-state index in [0.29, 0.717) is 39.0 Å². The number of benzene rings is 1. The number of hydrogen-bond donors (Lipinski definition) is 0. The van der Waals surface area contributed by atoms with Crippen molar-refractivity contribution in [1.29, 1.82) is 0 Å². The van der Waals surface area contributed by atoms with Gasteiger partial charge in [0.15, 0.2) is 0 Å². The van der Waals surface area contributed by atoms with Gasteiger partial charge in [0.1, 0.15) is 0 Å². The van der Waals surface area contributed by atoms with Crippen LogP contribution in [0.5, 0.6) is 0 Å². The SMILES string of the molecule is O=C(CCN1CCCC1)N1CCN(S(=O)(=O)CCc2ccccc2)CC1. The second kappa shape index (κ2) is 8.97. The smallest absolute Gasteiger partial charge is 0.223 e. The van der Waals surface area contributed by atoms with Gasteiger partial charge in [-0.3, -0.25) is 4.79 Å². The Balaban J connectivity index is 1.42. The van der Waals surface area contributed by atoms with Crippen LogP contribution >= 0.6 is 0 Å². The molecule has 0 aromatic heterocycles. The first-order valence-corrected chi connectivity index (χ1v) is 11.2. The summed E-state index contributed by atoms with van der Waals surface area (Å²) in [5.41, 5.74) is 1.03. The molecule has 0 N–H and O–H groups in total. The van der Waals surface area contributed by atoms with E-state index in [1.165, 1.54) is 12.8 Å². The lowest BCUT2D eigenvalue weighted by atomic mass is 10.2. The van der Waals surface area contributed by atoms with E-state index in [1.807, 2.05) is 35.2 Å². The Hall–Kier alpha value is -1.44. The third kappa shape index (κ3) is 5.28. The number of amides is 1. The molecule has 0 bridgehead atoms. The molecule has 26 heavy (non-hydrogen) atoms. The predicted molar refractivity (Wildman–Crippen MR) is 102 cm³/mol. The van der Waals surface area contributed by atoms with E-state index in [1.54, 1.807) is 4.31 Å². The van der Waals surface area contributed by atoms with Crippen molar-refractivity contribution in [3.63, 3.8) is 0 Å². The summed E-state index contributed by atoms with van der Waals surface area (Å²) in [5.74, 6) is 0.276. The largest absolute Gasteiger partial charge is 0.340 e. The Morgan fingerprint density at radius 1 is 0.923 bits per heavy atom. The van der Waals surface area contributed by atoms with Crippen molar-refractivity contribution >= 4 is 15.9 Å². The molecule has 0 saturated carbocycles. The Kier molecular flexibility index (Phi) is 6.67. The number of aryl methyl sites for hydroxylation is 1. The molecule has 0 radical (unpaired) electrons. The fourth-order valence-corrected chi connectivity index (χ4v) is 5.13. The normalized spacial score (nSPS) is 19.8. The van der Waals surface area contributed by atoms with Crippen LogP contribution in [-0.4, -0.2) is 80.0 Å². The molecular formula is C19H29N3O3S. The first kappa shape index (κ1) is 19.3. The van der Waals surface area contributed by atoms with Crippen molar-refractivity contribution < 1.29 is 13.2 Å². The number of piperazine rings is 1. The van der Waals surface area contributed by atoms with E-state index in [4.69, 9.17) is 0 Å². The fourth-order valence-electron chi connectivity index (χ4n) is 3.65. The van der Waals surface area contributed by atoms with E-state index < -0.39 is 10.0 Å². The second-order valence-electron chi connectivity index (χ2n) is 7.13. The first-order chi connectivity index (χ1) is 12.5. The third-order valence-corrected chi connectivity index (χ3v) is 7.19. The maximum Gasteiger partial charge on any atom is 0.223 e. The molecule has 0 spiro atoms. The van der Waals surface area contributed by atoms with Crippen LogP contribution in [0, 0.1) is 0 Å². The van der Waals surface area contributed by atoms with Gasteiger partial charge in [0, 0.05) is 39.1 Å². The molecular weight excluding hydrogens is 350 g/mol. The maximum absolute atomic E-state index is 12.6. The fraction of sp³-hybridized carbons (Fsp3) is 0.632. The molecule has 1 aromatic carbocycles. The van der Waals surface area contributed by atoms with E-state index in [9.17, 15) is 13.2 Å². The molecule has 1 amide bonds. The molecule has 2 fully saturated rings.